The van der Waals surface area contributed by atoms with Gasteiger partial charge in [-0.3, -0.25) is 9.79 Å². The summed E-state index contributed by atoms with van der Waals surface area (Å²) in [5.41, 5.74) is 5.49. The molecule has 10 heteroatoms. The van der Waals surface area contributed by atoms with E-state index in [1.807, 2.05) is 0 Å². The minimum absolute atomic E-state index is 0.0494. The largest absolute Gasteiger partial charge is 0.476 e. The Morgan fingerprint density at radius 1 is 1.35 bits per heavy atom. The molecule has 34 heavy (non-hydrogen) atoms. The van der Waals surface area contributed by atoms with Gasteiger partial charge in [-0.25, -0.2) is 18.2 Å². The summed E-state index contributed by atoms with van der Waals surface area (Å²) in [5, 5.41) is 2.63. The average Bonchev–Trinajstić information content (AvgIpc) is 2.73. The zero-order chi connectivity index (χ0) is 25.3. The molecule has 0 saturated carbocycles. The van der Waals surface area contributed by atoms with E-state index in [4.69, 9.17) is 16.9 Å². The predicted molar refractivity (Wildman–Crippen MR) is 128 cm³/mol. The predicted octanol–water partition coefficient (Wildman–Crippen LogP) is 4.87. The molecular weight excluding hydrogens is 465 g/mol. The van der Waals surface area contributed by atoms with E-state index in [0.717, 1.165) is 17.8 Å². The molecule has 3 atom stereocenters. The van der Waals surface area contributed by atoms with Gasteiger partial charge in [-0.15, -0.1) is 6.42 Å². The van der Waals surface area contributed by atoms with Crippen LogP contribution >= 0.6 is 11.8 Å². The van der Waals surface area contributed by atoms with Crippen LogP contribution in [-0.2, 0) is 5.54 Å². The molecule has 6 nitrogen and oxygen atoms in total. The second-order valence-electron chi connectivity index (χ2n) is 8.53. The number of thioether (sulfide) groups is 1. The fraction of sp³-hybridized carbons (Fsp3) is 0.375. The Morgan fingerprint density at radius 2 is 2.06 bits per heavy atom. The summed E-state index contributed by atoms with van der Waals surface area (Å²) < 4.78 is 46.2. The van der Waals surface area contributed by atoms with Crippen LogP contribution < -0.4 is 15.8 Å². The molecule has 0 aliphatic carbocycles. The maximum absolute atomic E-state index is 14.8. The van der Waals surface area contributed by atoms with Gasteiger partial charge in [-0.1, -0.05) is 17.7 Å². The first kappa shape index (κ1) is 25.4. The Bertz CT molecular complexity index is 1180. The number of alkyl halides is 2. The quantitative estimate of drug-likeness (QED) is 0.564. The average molecular weight is 491 g/mol. The fourth-order valence-corrected chi connectivity index (χ4v) is 5.00. The van der Waals surface area contributed by atoms with Crippen LogP contribution in [0.3, 0.4) is 0 Å². The summed E-state index contributed by atoms with van der Waals surface area (Å²) in [4.78, 5) is 21.3. The maximum atomic E-state index is 14.8. The Balaban J connectivity index is 1.88. The Hall–Kier alpha value is -3.19. The lowest BCUT2D eigenvalue weighted by Crippen LogP contribution is -2.44. The van der Waals surface area contributed by atoms with Crippen molar-refractivity contribution in [3.63, 3.8) is 0 Å². The molecule has 0 unspecified atom stereocenters. The minimum Gasteiger partial charge on any atom is -0.476 e. The zero-order valence-corrected chi connectivity index (χ0v) is 20.0. The number of hydrogen-bond acceptors (Lipinski definition) is 6. The number of nitrogens with two attached hydrogens (primary N) is 1. The van der Waals surface area contributed by atoms with Gasteiger partial charge in [0.1, 0.15) is 17.3 Å². The zero-order valence-electron chi connectivity index (χ0n) is 19.2. The number of benzene rings is 1. The highest BCUT2D eigenvalue weighted by molar-refractivity contribution is 8.15. The number of pyridine rings is 1. The molecule has 0 fully saturated rings. The molecule has 3 rings (SSSR count). The van der Waals surface area contributed by atoms with Crippen LogP contribution in [0.2, 0.25) is 0 Å². The normalized spacial score (nSPS) is 23.1. The number of halogens is 3. The topological polar surface area (TPSA) is 89.6 Å². The molecule has 0 spiro atoms. The van der Waals surface area contributed by atoms with Crippen molar-refractivity contribution in [3.05, 3.63) is 53.1 Å². The molecule has 1 aliphatic heterocycles. The van der Waals surface area contributed by atoms with E-state index in [-0.39, 0.29) is 28.5 Å². The first-order valence-electron chi connectivity index (χ1n) is 10.4. The molecule has 2 aromatic rings. The lowest BCUT2D eigenvalue weighted by molar-refractivity contribution is 0.0893. The van der Waals surface area contributed by atoms with Gasteiger partial charge in [0, 0.05) is 11.3 Å². The third kappa shape index (κ3) is 5.30. The van der Waals surface area contributed by atoms with Gasteiger partial charge in [-0.05, 0) is 63.9 Å². The molecule has 1 aromatic heterocycles. The highest BCUT2D eigenvalue weighted by atomic mass is 32.2. The number of amides is 1. The number of nitrogens with zero attached hydrogens (tertiary/aromatic N) is 2. The van der Waals surface area contributed by atoms with Crippen molar-refractivity contribution in [2.75, 3.05) is 5.32 Å². The molecule has 1 aliphatic rings. The maximum Gasteiger partial charge on any atom is 0.274 e. The lowest BCUT2D eigenvalue weighted by atomic mass is 9.83. The van der Waals surface area contributed by atoms with Crippen molar-refractivity contribution in [3.8, 4) is 18.1 Å². The molecule has 1 aromatic carbocycles. The van der Waals surface area contributed by atoms with E-state index < -0.39 is 34.5 Å². The van der Waals surface area contributed by atoms with E-state index >= 15 is 0 Å². The van der Waals surface area contributed by atoms with Crippen molar-refractivity contribution in [1.29, 1.82) is 0 Å². The molecule has 3 N–H and O–H groups in total. The number of hydrogen-bond donors (Lipinski definition) is 2. The summed E-state index contributed by atoms with van der Waals surface area (Å²) in [6.45, 7) is 6.31. The van der Waals surface area contributed by atoms with Gasteiger partial charge in [-0.2, -0.15) is 0 Å². The number of aliphatic imine (C=N–C) groups is 1. The molecule has 180 valence electrons. The third-order valence-electron chi connectivity index (χ3n) is 5.47. The first-order chi connectivity index (χ1) is 15.9. The number of carbonyl (C=O) groups is 1. The Morgan fingerprint density at radius 3 is 2.68 bits per heavy atom. The van der Waals surface area contributed by atoms with E-state index in [1.165, 1.54) is 25.3 Å². The number of aromatic nitrogens is 1. The second kappa shape index (κ2) is 9.58. The van der Waals surface area contributed by atoms with Crippen molar-refractivity contribution >= 4 is 28.5 Å². The number of terminal acetylenes is 1. The van der Waals surface area contributed by atoms with Crippen LogP contribution in [0.1, 0.15) is 48.8 Å². The summed E-state index contributed by atoms with van der Waals surface area (Å²) in [5.74, 6) is 1.69. The first-order valence-corrected chi connectivity index (χ1v) is 11.2. The monoisotopic (exact) mass is 490 g/mol. The molecule has 0 saturated heterocycles. The van der Waals surface area contributed by atoms with E-state index in [0.29, 0.717) is 11.3 Å². The number of rotatable bonds is 6. The van der Waals surface area contributed by atoms with E-state index in [9.17, 15) is 18.0 Å². The number of nitrogens with one attached hydrogen (secondary N) is 1. The molecule has 0 bridgehead atoms. The van der Waals surface area contributed by atoms with Gasteiger partial charge >= 0.3 is 0 Å². The van der Waals surface area contributed by atoms with Gasteiger partial charge in [0.15, 0.2) is 11.3 Å². The Labute approximate surface area is 200 Å². The standard InChI is InChI=1S/C24H25F3N4O2S/c1-6-14(3)33-16-9-13(2)19(29-11-16)20(32)30-15-7-8-18(25)17(10-15)23(4)12-24(5,21(26)27)34-22(28)31-23/h1,7-11,14,21H,12H2,2-5H3,(H2,28,31)(H,30,32)/t14-,23-,24+/m0/s1. The fourth-order valence-electron chi connectivity index (χ4n) is 3.84. The number of aryl methyl sites for hydroxylation is 1. The highest BCUT2D eigenvalue weighted by Gasteiger charge is 2.48. The molecular formula is C24H25F3N4O2S. The van der Waals surface area contributed by atoms with E-state index in [2.05, 4.69) is 21.2 Å². The molecule has 0 radical (unpaired) electrons. The summed E-state index contributed by atoms with van der Waals surface area (Å²) >= 11 is 0.776. The van der Waals surface area contributed by atoms with Gasteiger partial charge in [0.25, 0.3) is 12.3 Å². The van der Waals surface area contributed by atoms with Crippen molar-refractivity contribution in [2.45, 2.75) is 56.9 Å². The SMILES string of the molecule is C#C[C@H](C)Oc1cnc(C(=O)Nc2ccc(F)c([C@]3(C)C[C@](C)(C(F)F)SC(N)=N3)c2)c(C)c1. The number of amidine groups is 1. The van der Waals surface area contributed by atoms with Crippen molar-refractivity contribution in [2.24, 2.45) is 10.7 Å². The third-order valence-corrected chi connectivity index (χ3v) is 6.56. The van der Waals surface area contributed by atoms with Crippen LogP contribution in [-0.4, -0.2) is 33.3 Å². The number of anilines is 1. The van der Waals surface area contributed by atoms with Gasteiger partial charge in [0.05, 0.1) is 16.5 Å². The van der Waals surface area contributed by atoms with Gasteiger partial charge < -0.3 is 15.8 Å². The molecule has 1 amide bonds. The summed E-state index contributed by atoms with van der Waals surface area (Å²) in [7, 11) is 0. The van der Waals surface area contributed by atoms with Crippen LogP contribution in [0.25, 0.3) is 0 Å². The number of carbonyl (C=O) groups excluding carboxylic acids is 1. The summed E-state index contributed by atoms with van der Waals surface area (Å²) in [6, 6.07) is 5.54. The highest BCUT2D eigenvalue weighted by Crippen LogP contribution is 2.48. The Kier molecular flexibility index (Phi) is 7.17. The minimum atomic E-state index is -2.69. The van der Waals surface area contributed by atoms with Crippen LogP contribution in [0.15, 0.2) is 35.5 Å². The second-order valence-corrected chi connectivity index (χ2v) is 10.1. The van der Waals surface area contributed by atoms with Crippen LogP contribution in [0, 0.1) is 25.1 Å². The van der Waals surface area contributed by atoms with Crippen molar-refractivity contribution in [1.82, 2.24) is 4.98 Å². The summed E-state index contributed by atoms with van der Waals surface area (Å²) in [6.07, 6.45) is 3.40. The van der Waals surface area contributed by atoms with Gasteiger partial charge in [0.2, 0.25) is 0 Å². The van der Waals surface area contributed by atoms with E-state index in [1.54, 1.807) is 26.8 Å². The lowest BCUT2D eigenvalue weighted by Gasteiger charge is -2.40. The van der Waals surface area contributed by atoms with Crippen LogP contribution in [0.4, 0.5) is 18.9 Å². The van der Waals surface area contributed by atoms with Crippen molar-refractivity contribution < 1.29 is 22.7 Å². The number of ether oxygens (including phenoxy) is 1. The smallest absolute Gasteiger partial charge is 0.274 e. The molecule has 2 heterocycles. The van der Waals surface area contributed by atoms with Crippen LogP contribution in [0.5, 0.6) is 5.75 Å².